The Labute approximate surface area is 204 Å². The van der Waals surface area contributed by atoms with Crippen LogP contribution in [0.2, 0.25) is 0 Å². The van der Waals surface area contributed by atoms with Gasteiger partial charge in [0.05, 0.1) is 6.07 Å². The van der Waals surface area contributed by atoms with Gasteiger partial charge in [-0.3, -0.25) is 9.59 Å². The van der Waals surface area contributed by atoms with Crippen molar-refractivity contribution in [2.45, 2.75) is 92.5 Å². The molecule has 0 aliphatic rings. The van der Waals surface area contributed by atoms with Crippen LogP contribution in [-0.2, 0) is 14.3 Å². The van der Waals surface area contributed by atoms with Gasteiger partial charge in [-0.1, -0.05) is 37.6 Å². The molecule has 188 valence electrons. The van der Waals surface area contributed by atoms with E-state index >= 15 is 0 Å². The quantitative estimate of drug-likeness (QED) is 0.579. The molecular formula is C26H40N4O4. The molecule has 34 heavy (non-hydrogen) atoms. The lowest BCUT2D eigenvalue weighted by atomic mass is 9.94. The molecule has 8 nitrogen and oxygen atoms in total. The summed E-state index contributed by atoms with van der Waals surface area (Å²) in [5, 5.41) is 15.2. The molecule has 1 aromatic rings. The molecule has 1 rings (SSSR count). The number of benzene rings is 1. The number of amides is 3. The zero-order valence-corrected chi connectivity index (χ0v) is 22.2. The Morgan fingerprint density at radius 1 is 1.09 bits per heavy atom. The summed E-state index contributed by atoms with van der Waals surface area (Å²) < 4.78 is 5.34. The Morgan fingerprint density at radius 2 is 1.68 bits per heavy atom. The fraction of sp³-hybridized carbons (Fsp3) is 0.615. The first-order chi connectivity index (χ1) is 15.5. The van der Waals surface area contributed by atoms with Crippen molar-refractivity contribution in [2.75, 3.05) is 6.54 Å². The molecule has 0 aliphatic carbocycles. The SMILES string of the molecule is Cc1ccc(C)c(C(C(=O)NC(C)(C)C)N(CC#N)C(=O)C(NC(=O)OC(C)(C)C)C(C)C)c1. The molecule has 1 aromatic carbocycles. The second kappa shape index (κ2) is 11.4. The standard InChI is InChI=1S/C26H40N4O4/c1-16(2)20(28-24(33)34-26(8,9)10)23(32)30(14-13-27)21(22(31)29-25(5,6)7)19-15-17(3)11-12-18(19)4/h11-12,15-16,20-21H,14H2,1-10H3,(H,28,33)(H,29,31). The van der Waals surface area contributed by atoms with Gasteiger partial charge in [-0.05, 0) is 72.4 Å². The number of hydrogen-bond acceptors (Lipinski definition) is 5. The molecule has 0 radical (unpaired) electrons. The van der Waals surface area contributed by atoms with Gasteiger partial charge in [-0.2, -0.15) is 5.26 Å². The second-order valence-electron chi connectivity index (χ2n) is 11.0. The van der Waals surface area contributed by atoms with Crippen molar-refractivity contribution in [3.8, 4) is 6.07 Å². The smallest absolute Gasteiger partial charge is 0.408 e. The van der Waals surface area contributed by atoms with Crippen molar-refractivity contribution in [3.05, 3.63) is 34.9 Å². The molecule has 0 fully saturated rings. The molecule has 3 amide bonds. The van der Waals surface area contributed by atoms with Gasteiger partial charge in [-0.25, -0.2) is 4.79 Å². The lowest BCUT2D eigenvalue weighted by molar-refractivity contribution is -0.143. The topological polar surface area (TPSA) is 112 Å². The average molecular weight is 473 g/mol. The zero-order valence-electron chi connectivity index (χ0n) is 22.2. The van der Waals surface area contributed by atoms with Crippen LogP contribution in [0.1, 0.15) is 78.1 Å². The molecule has 2 atom stereocenters. The van der Waals surface area contributed by atoms with Gasteiger partial charge < -0.3 is 20.3 Å². The van der Waals surface area contributed by atoms with Gasteiger partial charge >= 0.3 is 6.09 Å². The minimum absolute atomic E-state index is 0.314. The van der Waals surface area contributed by atoms with E-state index in [-0.39, 0.29) is 12.5 Å². The molecule has 2 N–H and O–H groups in total. The first-order valence-corrected chi connectivity index (χ1v) is 11.5. The third-order valence-corrected chi connectivity index (χ3v) is 4.92. The van der Waals surface area contributed by atoms with Gasteiger partial charge in [0.25, 0.3) is 0 Å². The number of ether oxygens (including phenoxy) is 1. The molecule has 0 spiro atoms. The van der Waals surface area contributed by atoms with E-state index in [2.05, 4.69) is 10.6 Å². The van der Waals surface area contributed by atoms with E-state index in [4.69, 9.17) is 4.74 Å². The van der Waals surface area contributed by atoms with E-state index in [1.165, 1.54) is 4.90 Å². The Balaban J connectivity index is 3.54. The predicted molar refractivity (Wildman–Crippen MR) is 132 cm³/mol. The van der Waals surface area contributed by atoms with Crippen molar-refractivity contribution in [1.29, 1.82) is 5.26 Å². The van der Waals surface area contributed by atoms with Crippen LogP contribution in [0.15, 0.2) is 18.2 Å². The number of carbonyl (C=O) groups excluding carboxylic acids is 3. The van der Waals surface area contributed by atoms with Crippen molar-refractivity contribution < 1.29 is 19.1 Å². The third kappa shape index (κ3) is 8.69. The first kappa shape index (κ1) is 29.0. The lowest BCUT2D eigenvalue weighted by Crippen LogP contribution is -2.56. The predicted octanol–water partition coefficient (Wildman–Crippen LogP) is 4.16. The summed E-state index contributed by atoms with van der Waals surface area (Å²) >= 11 is 0. The van der Waals surface area contributed by atoms with Gasteiger partial charge in [0.15, 0.2) is 0 Å². The van der Waals surface area contributed by atoms with E-state index in [1.807, 2.05) is 58.9 Å². The fourth-order valence-corrected chi connectivity index (χ4v) is 3.44. The maximum Gasteiger partial charge on any atom is 0.408 e. The number of alkyl carbamates (subject to hydrolysis) is 1. The van der Waals surface area contributed by atoms with Crippen LogP contribution in [0.3, 0.4) is 0 Å². The highest BCUT2D eigenvalue weighted by atomic mass is 16.6. The van der Waals surface area contributed by atoms with E-state index in [0.717, 1.165) is 11.1 Å². The van der Waals surface area contributed by atoms with E-state index < -0.39 is 41.1 Å². The summed E-state index contributed by atoms with van der Waals surface area (Å²) in [5.74, 6) is -1.24. The van der Waals surface area contributed by atoms with Crippen LogP contribution in [0.4, 0.5) is 4.79 Å². The summed E-state index contributed by atoms with van der Waals surface area (Å²) in [6.07, 6.45) is -0.737. The van der Waals surface area contributed by atoms with Gasteiger partial charge in [-0.15, -0.1) is 0 Å². The number of nitrogens with zero attached hydrogens (tertiary/aromatic N) is 2. The molecule has 0 aromatic heterocycles. The van der Waals surface area contributed by atoms with Gasteiger partial charge in [0, 0.05) is 5.54 Å². The van der Waals surface area contributed by atoms with Crippen LogP contribution in [-0.4, -0.2) is 46.5 Å². The summed E-state index contributed by atoms with van der Waals surface area (Å²) in [6, 6.07) is 5.64. The number of nitriles is 1. The molecule has 0 saturated carbocycles. The fourth-order valence-electron chi connectivity index (χ4n) is 3.44. The summed E-state index contributed by atoms with van der Waals surface area (Å²) in [6.45, 7) is 17.7. The Hall–Kier alpha value is -3.08. The van der Waals surface area contributed by atoms with Crippen LogP contribution in [0, 0.1) is 31.1 Å². The molecule has 0 bridgehead atoms. The highest BCUT2D eigenvalue weighted by Gasteiger charge is 2.38. The van der Waals surface area contributed by atoms with Crippen LogP contribution in [0.5, 0.6) is 0 Å². The number of hydrogen-bond donors (Lipinski definition) is 2. The highest BCUT2D eigenvalue weighted by molar-refractivity contribution is 5.93. The van der Waals surface area contributed by atoms with Crippen molar-refractivity contribution in [1.82, 2.24) is 15.5 Å². The van der Waals surface area contributed by atoms with Crippen molar-refractivity contribution in [3.63, 3.8) is 0 Å². The highest BCUT2D eigenvalue weighted by Crippen LogP contribution is 2.28. The molecule has 0 heterocycles. The molecular weight excluding hydrogens is 432 g/mol. The van der Waals surface area contributed by atoms with Gasteiger partial charge in [0.2, 0.25) is 11.8 Å². The maximum atomic E-state index is 13.8. The minimum Gasteiger partial charge on any atom is -0.444 e. The van der Waals surface area contributed by atoms with Crippen LogP contribution >= 0.6 is 0 Å². The Bertz CT molecular complexity index is 936. The number of aryl methyl sites for hydroxylation is 2. The molecule has 8 heteroatoms. The second-order valence-corrected chi connectivity index (χ2v) is 11.0. The van der Waals surface area contributed by atoms with E-state index in [9.17, 15) is 19.6 Å². The van der Waals surface area contributed by atoms with Crippen LogP contribution in [0.25, 0.3) is 0 Å². The van der Waals surface area contributed by atoms with Crippen molar-refractivity contribution >= 4 is 17.9 Å². The van der Waals surface area contributed by atoms with E-state index in [0.29, 0.717) is 5.56 Å². The average Bonchev–Trinajstić information content (AvgIpc) is 2.64. The summed E-state index contributed by atoms with van der Waals surface area (Å²) in [5.41, 5.74) is 1.07. The Morgan fingerprint density at radius 3 is 2.15 bits per heavy atom. The number of carbonyl (C=O) groups is 3. The molecule has 0 saturated heterocycles. The van der Waals surface area contributed by atoms with E-state index in [1.54, 1.807) is 34.6 Å². The largest absolute Gasteiger partial charge is 0.444 e. The first-order valence-electron chi connectivity index (χ1n) is 11.5. The third-order valence-electron chi connectivity index (χ3n) is 4.92. The summed E-state index contributed by atoms with van der Waals surface area (Å²) in [4.78, 5) is 41.0. The Kier molecular flexibility index (Phi) is 9.68. The number of nitrogens with one attached hydrogen (secondary N) is 2. The normalized spacial score (nSPS) is 13.5. The minimum atomic E-state index is -1.05. The van der Waals surface area contributed by atoms with Crippen LogP contribution < -0.4 is 10.6 Å². The zero-order chi connectivity index (χ0) is 26.4. The number of rotatable bonds is 7. The molecule has 0 aliphatic heterocycles. The maximum absolute atomic E-state index is 13.8. The summed E-state index contributed by atoms with van der Waals surface area (Å²) in [7, 11) is 0. The lowest BCUT2D eigenvalue weighted by Gasteiger charge is -2.36. The van der Waals surface area contributed by atoms with Gasteiger partial charge in [0.1, 0.15) is 24.2 Å². The van der Waals surface area contributed by atoms with Crippen molar-refractivity contribution in [2.24, 2.45) is 5.92 Å². The monoisotopic (exact) mass is 472 g/mol. The molecule has 2 unspecified atom stereocenters.